The molecule has 6 aromatic rings. The third kappa shape index (κ3) is 4.98. The lowest BCUT2D eigenvalue weighted by Gasteiger charge is -2.14. The van der Waals surface area contributed by atoms with Crippen LogP contribution in [-0.2, 0) is 12.7 Å². The molecule has 0 atom stereocenters. The van der Waals surface area contributed by atoms with E-state index in [1.54, 1.807) is 10.7 Å². The van der Waals surface area contributed by atoms with Crippen molar-refractivity contribution in [2.24, 2.45) is 0 Å². The van der Waals surface area contributed by atoms with Gasteiger partial charge in [-0.1, -0.05) is 78.4 Å². The van der Waals surface area contributed by atoms with Crippen molar-refractivity contribution in [1.82, 2.24) is 9.78 Å². The molecular weight excluding hydrogens is 612 g/mol. The van der Waals surface area contributed by atoms with Crippen LogP contribution < -0.4 is 4.74 Å². The number of aromatic nitrogens is 2. The van der Waals surface area contributed by atoms with E-state index in [4.69, 9.17) is 4.74 Å². The lowest BCUT2D eigenvalue weighted by Crippen LogP contribution is -2.06. The second kappa shape index (κ2) is 10.0. The molecule has 39 heavy (non-hydrogen) atoms. The first kappa shape index (κ1) is 25.4. The van der Waals surface area contributed by atoms with Gasteiger partial charge in [0.05, 0.1) is 21.4 Å². The Balaban J connectivity index is 1.50. The molecule has 0 aliphatic carbocycles. The third-order valence-electron chi connectivity index (χ3n) is 6.66. The number of ether oxygens (including phenoxy) is 1. The van der Waals surface area contributed by atoms with Crippen LogP contribution in [0.1, 0.15) is 16.7 Å². The van der Waals surface area contributed by atoms with Gasteiger partial charge < -0.3 is 4.74 Å². The van der Waals surface area contributed by atoms with Gasteiger partial charge in [-0.15, -0.1) is 0 Å². The van der Waals surface area contributed by atoms with E-state index in [-0.39, 0.29) is 5.52 Å². The van der Waals surface area contributed by atoms with Gasteiger partial charge in [-0.3, -0.25) is 4.68 Å². The highest BCUT2D eigenvalue weighted by Crippen LogP contribution is 2.40. The van der Waals surface area contributed by atoms with Crippen molar-refractivity contribution in [1.29, 1.82) is 0 Å². The van der Waals surface area contributed by atoms with Gasteiger partial charge >= 0.3 is 6.18 Å². The van der Waals surface area contributed by atoms with Crippen LogP contribution in [0, 0.1) is 10.5 Å². The number of benzene rings is 5. The molecule has 1 heterocycles. The summed E-state index contributed by atoms with van der Waals surface area (Å²) >= 11 is 2.26. The first-order valence-electron chi connectivity index (χ1n) is 12.4. The molecule has 0 unspecified atom stereocenters. The standard InChI is InChI=1S/C32H22F3IN2O/c1-20-13-14-22-15-16-28(36)31(26(22)17-20)39-24-10-5-9-23(18-24)30-25-11-6-12-27(32(33,34)35)29(25)37-38(30)19-21-7-3-2-4-8-21/h2-18H,19H2,1H3. The predicted molar refractivity (Wildman–Crippen MR) is 157 cm³/mol. The smallest absolute Gasteiger partial charge is 0.418 e. The number of alkyl halides is 3. The highest BCUT2D eigenvalue weighted by atomic mass is 127. The molecule has 5 aromatic carbocycles. The Morgan fingerprint density at radius 1 is 0.821 bits per heavy atom. The van der Waals surface area contributed by atoms with Crippen molar-refractivity contribution < 1.29 is 17.9 Å². The molecule has 1 aromatic heterocycles. The molecule has 0 radical (unpaired) electrons. The second-order valence-corrected chi connectivity index (χ2v) is 10.6. The number of halogens is 4. The van der Waals surface area contributed by atoms with Crippen LogP contribution in [0.15, 0.2) is 103 Å². The zero-order chi connectivity index (χ0) is 27.1. The van der Waals surface area contributed by atoms with Gasteiger partial charge in [0.15, 0.2) is 0 Å². The number of hydrogen-bond donors (Lipinski definition) is 0. The van der Waals surface area contributed by atoms with Gasteiger partial charge in [-0.25, -0.2) is 0 Å². The van der Waals surface area contributed by atoms with Gasteiger partial charge in [0, 0.05) is 16.3 Å². The van der Waals surface area contributed by atoms with Gasteiger partial charge in [0.1, 0.15) is 17.0 Å². The fourth-order valence-corrected chi connectivity index (χ4v) is 5.44. The predicted octanol–water partition coefficient (Wildman–Crippen LogP) is 9.63. The van der Waals surface area contributed by atoms with Crippen LogP contribution in [0.5, 0.6) is 11.5 Å². The summed E-state index contributed by atoms with van der Waals surface area (Å²) in [5.41, 5.74) is 2.57. The van der Waals surface area contributed by atoms with Crippen molar-refractivity contribution in [3.8, 4) is 22.8 Å². The molecule has 3 nitrogen and oxygen atoms in total. The fraction of sp³-hybridized carbons (Fsp3) is 0.0938. The molecule has 0 saturated carbocycles. The van der Waals surface area contributed by atoms with E-state index < -0.39 is 11.7 Å². The van der Waals surface area contributed by atoms with Crippen LogP contribution in [-0.4, -0.2) is 9.78 Å². The van der Waals surface area contributed by atoms with Crippen molar-refractivity contribution in [3.63, 3.8) is 0 Å². The minimum atomic E-state index is -4.52. The molecule has 6 rings (SSSR count). The SMILES string of the molecule is Cc1ccc2ccc(I)c(Oc3cccc(-c4c5cccc(C(F)(F)F)c5nn4Cc4ccccc4)c3)c2c1. The van der Waals surface area contributed by atoms with Crippen LogP contribution in [0.25, 0.3) is 32.9 Å². The van der Waals surface area contributed by atoms with E-state index in [0.29, 0.717) is 23.4 Å². The average molecular weight is 634 g/mol. The summed E-state index contributed by atoms with van der Waals surface area (Å²) in [5.74, 6) is 1.34. The van der Waals surface area contributed by atoms with E-state index in [0.717, 1.165) is 42.8 Å². The van der Waals surface area contributed by atoms with Crippen molar-refractivity contribution in [2.75, 3.05) is 0 Å². The maximum absolute atomic E-state index is 13.9. The third-order valence-corrected chi connectivity index (χ3v) is 7.51. The Bertz CT molecular complexity index is 1820. The van der Waals surface area contributed by atoms with E-state index in [9.17, 15) is 13.2 Å². The summed E-state index contributed by atoms with van der Waals surface area (Å²) in [6.45, 7) is 2.37. The Morgan fingerprint density at radius 2 is 1.59 bits per heavy atom. The molecule has 0 amide bonds. The lowest BCUT2D eigenvalue weighted by atomic mass is 10.0. The topological polar surface area (TPSA) is 27.1 Å². The maximum Gasteiger partial charge on any atom is 0.418 e. The van der Waals surface area contributed by atoms with Crippen LogP contribution in [0.4, 0.5) is 13.2 Å². The summed E-state index contributed by atoms with van der Waals surface area (Å²) in [6, 6.07) is 31.5. The number of hydrogen-bond acceptors (Lipinski definition) is 2. The summed E-state index contributed by atoms with van der Waals surface area (Å²) in [7, 11) is 0. The minimum Gasteiger partial charge on any atom is -0.456 e. The quantitative estimate of drug-likeness (QED) is 0.177. The summed E-state index contributed by atoms with van der Waals surface area (Å²) in [6.07, 6.45) is -4.52. The largest absolute Gasteiger partial charge is 0.456 e. The zero-order valence-corrected chi connectivity index (χ0v) is 23.0. The van der Waals surface area contributed by atoms with E-state index in [1.165, 1.54) is 6.07 Å². The number of nitrogens with zero attached hydrogens (tertiary/aromatic N) is 2. The van der Waals surface area contributed by atoms with E-state index in [1.807, 2.05) is 67.6 Å². The summed E-state index contributed by atoms with van der Waals surface area (Å²) in [5, 5.41) is 6.99. The van der Waals surface area contributed by atoms with E-state index >= 15 is 0 Å². The first-order chi connectivity index (χ1) is 18.8. The van der Waals surface area contributed by atoms with Crippen LogP contribution in [0.3, 0.4) is 0 Å². The van der Waals surface area contributed by atoms with Gasteiger partial charge in [0.25, 0.3) is 0 Å². The Kier molecular flexibility index (Phi) is 6.54. The Hall–Kier alpha value is -3.85. The van der Waals surface area contributed by atoms with E-state index in [2.05, 4.69) is 52.0 Å². The average Bonchev–Trinajstić information content (AvgIpc) is 3.28. The summed E-state index contributed by atoms with van der Waals surface area (Å²) < 4.78 is 50.8. The molecule has 194 valence electrons. The Labute approximate surface area is 237 Å². The van der Waals surface area contributed by atoms with Crippen LogP contribution >= 0.6 is 22.6 Å². The molecular formula is C32H22F3IN2O. The molecule has 0 saturated heterocycles. The van der Waals surface area contributed by atoms with Crippen LogP contribution in [0.2, 0.25) is 0 Å². The van der Waals surface area contributed by atoms with Crippen molar-refractivity contribution in [2.45, 2.75) is 19.6 Å². The molecule has 0 aliphatic rings. The fourth-order valence-electron chi connectivity index (χ4n) is 4.86. The molecule has 0 bridgehead atoms. The first-order valence-corrected chi connectivity index (χ1v) is 13.4. The molecule has 7 heteroatoms. The van der Waals surface area contributed by atoms with Gasteiger partial charge in [-0.2, -0.15) is 18.3 Å². The number of aryl methyl sites for hydroxylation is 1. The van der Waals surface area contributed by atoms with Crippen molar-refractivity contribution in [3.05, 3.63) is 123 Å². The van der Waals surface area contributed by atoms with Crippen molar-refractivity contribution >= 4 is 44.3 Å². The molecule has 0 aliphatic heterocycles. The Morgan fingerprint density at radius 3 is 2.38 bits per heavy atom. The highest BCUT2D eigenvalue weighted by Gasteiger charge is 2.34. The second-order valence-electron chi connectivity index (χ2n) is 9.42. The number of rotatable bonds is 5. The highest BCUT2D eigenvalue weighted by molar-refractivity contribution is 14.1. The number of fused-ring (bicyclic) bond motifs is 2. The van der Waals surface area contributed by atoms with Gasteiger partial charge in [0.2, 0.25) is 0 Å². The normalized spacial score (nSPS) is 11.8. The summed E-state index contributed by atoms with van der Waals surface area (Å²) in [4.78, 5) is 0. The minimum absolute atomic E-state index is 0.0682. The van der Waals surface area contributed by atoms with Gasteiger partial charge in [-0.05, 0) is 70.8 Å². The zero-order valence-electron chi connectivity index (χ0n) is 20.8. The monoisotopic (exact) mass is 634 g/mol. The molecule has 0 N–H and O–H groups in total. The molecule has 0 spiro atoms. The maximum atomic E-state index is 13.9. The molecule has 0 fully saturated rings. The lowest BCUT2D eigenvalue weighted by molar-refractivity contribution is -0.136.